The molecule has 122 valence electrons. The first-order valence-electron chi connectivity index (χ1n) is 8.05. The summed E-state index contributed by atoms with van der Waals surface area (Å²) < 4.78 is 0. The maximum atomic E-state index is 12.3. The van der Waals surface area contributed by atoms with Gasteiger partial charge >= 0.3 is 0 Å². The summed E-state index contributed by atoms with van der Waals surface area (Å²) in [7, 11) is 0. The summed E-state index contributed by atoms with van der Waals surface area (Å²) in [6, 6.07) is 5.84. The topological polar surface area (TPSA) is 66.9 Å². The fourth-order valence-corrected chi connectivity index (χ4v) is 2.19. The molecule has 0 radical (unpaired) electrons. The third kappa shape index (κ3) is 4.77. The van der Waals surface area contributed by atoms with Crippen molar-refractivity contribution in [2.75, 3.05) is 17.2 Å². The molecule has 2 rings (SSSR count). The third-order valence-electron chi connectivity index (χ3n) is 3.83. The second-order valence-corrected chi connectivity index (χ2v) is 5.63. The zero-order valence-electron chi connectivity index (χ0n) is 14.0. The molecule has 0 aliphatic carbocycles. The molecule has 2 aromatic rings. The minimum absolute atomic E-state index is 0.198. The number of amides is 1. The summed E-state index contributed by atoms with van der Waals surface area (Å²) in [6.45, 7) is 7.03. The molecule has 1 aromatic heterocycles. The van der Waals surface area contributed by atoms with Crippen LogP contribution in [-0.2, 0) is 0 Å². The highest BCUT2D eigenvalue weighted by atomic mass is 16.1. The van der Waals surface area contributed by atoms with Crippen molar-refractivity contribution in [1.29, 1.82) is 0 Å². The van der Waals surface area contributed by atoms with Crippen LogP contribution in [0.5, 0.6) is 0 Å². The van der Waals surface area contributed by atoms with Crippen molar-refractivity contribution >= 4 is 17.5 Å². The minimum atomic E-state index is -0.198. The van der Waals surface area contributed by atoms with Crippen LogP contribution >= 0.6 is 0 Å². The van der Waals surface area contributed by atoms with Crippen molar-refractivity contribution in [1.82, 2.24) is 9.97 Å². The predicted octanol–water partition coefficient (Wildman–Crippen LogP) is 3.95. The van der Waals surface area contributed by atoms with Gasteiger partial charge in [-0.2, -0.15) is 0 Å². The predicted molar refractivity (Wildman–Crippen MR) is 93.9 cm³/mol. The maximum Gasteiger partial charge on any atom is 0.258 e. The molecule has 2 N–H and O–H groups in total. The van der Waals surface area contributed by atoms with E-state index in [1.807, 2.05) is 32.0 Å². The van der Waals surface area contributed by atoms with Gasteiger partial charge < -0.3 is 10.6 Å². The monoisotopic (exact) mass is 312 g/mol. The standard InChI is InChI=1S/C18H24N4O/c1-4-5-6-10-19-18-20-11-15(12-21-18)17(23)22-16-9-7-8-13(2)14(16)3/h7-9,11-12H,4-6,10H2,1-3H3,(H,22,23)(H,19,20,21). The quantitative estimate of drug-likeness (QED) is 0.760. The van der Waals surface area contributed by atoms with E-state index in [9.17, 15) is 4.79 Å². The molecule has 1 heterocycles. The van der Waals surface area contributed by atoms with Crippen LogP contribution in [0.1, 0.15) is 47.7 Å². The Bertz CT molecular complexity index is 653. The molecule has 0 aliphatic heterocycles. The van der Waals surface area contributed by atoms with E-state index in [2.05, 4.69) is 27.5 Å². The molecule has 0 aliphatic rings. The first kappa shape index (κ1) is 16.9. The average Bonchev–Trinajstić information content (AvgIpc) is 2.56. The van der Waals surface area contributed by atoms with Gasteiger partial charge in [-0.3, -0.25) is 4.79 Å². The summed E-state index contributed by atoms with van der Waals surface area (Å²) in [6.07, 6.45) is 6.56. The largest absolute Gasteiger partial charge is 0.354 e. The number of rotatable bonds is 7. The lowest BCUT2D eigenvalue weighted by molar-refractivity contribution is 0.102. The molecule has 5 nitrogen and oxygen atoms in total. The van der Waals surface area contributed by atoms with Crippen molar-refractivity contribution in [2.24, 2.45) is 0 Å². The van der Waals surface area contributed by atoms with Crippen LogP contribution in [0.25, 0.3) is 0 Å². The van der Waals surface area contributed by atoms with E-state index in [-0.39, 0.29) is 5.91 Å². The number of aromatic nitrogens is 2. The molecule has 0 bridgehead atoms. The van der Waals surface area contributed by atoms with E-state index in [4.69, 9.17) is 0 Å². The molecule has 1 aromatic carbocycles. The van der Waals surface area contributed by atoms with E-state index in [1.54, 1.807) is 12.4 Å². The molecule has 0 unspecified atom stereocenters. The average molecular weight is 312 g/mol. The highest BCUT2D eigenvalue weighted by molar-refractivity contribution is 6.04. The molecule has 0 saturated carbocycles. The Hall–Kier alpha value is -2.43. The molecular weight excluding hydrogens is 288 g/mol. The Morgan fingerprint density at radius 1 is 1.13 bits per heavy atom. The normalized spacial score (nSPS) is 10.4. The molecule has 1 amide bonds. The number of carbonyl (C=O) groups excluding carboxylic acids is 1. The van der Waals surface area contributed by atoms with Gasteiger partial charge in [0.25, 0.3) is 5.91 Å². The van der Waals surface area contributed by atoms with E-state index in [0.29, 0.717) is 11.5 Å². The molecule has 0 atom stereocenters. The number of nitrogens with zero attached hydrogens (tertiary/aromatic N) is 2. The number of hydrogen-bond acceptors (Lipinski definition) is 4. The minimum Gasteiger partial charge on any atom is -0.354 e. The Balaban J connectivity index is 1.96. The smallest absolute Gasteiger partial charge is 0.258 e. The van der Waals surface area contributed by atoms with Gasteiger partial charge in [-0.05, 0) is 37.5 Å². The van der Waals surface area contributed by atoms with Crippen molar-refractivity contribution in [3.63, 3.8) is 0 Å². The summed E-state index contributed by atoms with van der Waals surface area (Å²) in [5, 5.41) is 6.07. The van der Waals surface area contributed by atoms with Gasteiger partial charge in [0.2, 0.25) is 5.95 Å². The first-order chi connectivity index (χ1) is 11.1. The van der Waals surface area contributed by atoms with Crippen LogP contribution in [0.4, 0.5) is 11.6 Å². The van der Waals surface area contributed by atoms with Crippen LogP contribution in [0.2, 0.25) is 0 Å². The molecule has 23 heavy (non-hydrogen) atoms. The van der Waals surface area contributed by atoms with Crippen LogP contribution < -0.4 is 10.6 Å². The summed E-state index contributed by atoms with van der Waals surface area (Å²) >= 11 is 0. The molecule has 5 heteroatoms. The highest BCUT2D eigenvalue weighted by Gasteiger charge is 2.09. The maximum absolute atomic E-state index is 12.3. The van der Waals surface area contributed by atoms with Gasteiger partial charge in [-0.1, -0.05) is 31.9 Å². The zero-order chi connectivity index (χ0) is 16.7. The Kier molecular flexibility index (Phi) is 6.09. The van der Waals surface area contributed by atoms with Crippen molar-refractivity contribution in [2.45, 2.75) is 40.0 Å². The zero-order valence-corrected chi connectivity index (χ0v) is 14.0. The van der Waals surface area contributed by atoms with E-state index in [0.717, 1.165) is 29.8 Å². The lowest BCUT2D eigenvalue weighted by atomic mass is 10.1. The molecular formula is C18H24N4O. The number of anilines is 2. The summed E-state index contributed by atoms with van der Waals surface area (Å²) in [5.41, 5.74) is 3.48. The van der Waals surface area contributed by atoms with Crippen LogP contribution in [0, 0.1) is 13.8 Å². The highest BCUT2D eigenvalue weighted by Crippen LogP contribution is 2.18. The Labute approximate surface area is 137 Å². The van der Waals surface area contributed by atoms with Gasteiger partial charge in [0, 0.05) is 24.6 Å². The second-order valence-electron chi connectivity index (χ2n) is 5.63. The van der Waals surface area contributed by atoms with Crippen molar-refractivity contribution in [3.8, 4) is 0 Å². The number of nitrogens with one attached hydrogen (secondary N) is 2. The lowest BCUT2D eigenvalue weighted by Crippen LogP contribution is -2.14. The van der Waals surface area contributed by atoms with Crippen LogP contribution in [-0.4, -0.2) is 22.4 Å². The summed E-state index contributed by atoms with van der Waals surface area (Å²) in [5.74, 6) is 0.362. The third-order valence-corrected chi connectivity index (χ3v) is 3.83. The van der Waals surface area contributed by atoms with Gasteiger partial charge in [-0.25, -0.2) is 9.97 Å². The first-order valence-corrected chi connectivity index (χ1v) is 8.05. The van der Waals surface area contributed by atoms with Crippen molar-refractivity contribution in [3.05, 3.63) is 47.3 Å². The van der Waals surface area contributed by atoms with Crippen LogP contribution in [0.15, 0.2) is 30.6 Å². The van der Waals surface area contributed by atoms with E-state index >= 15 is 0 Å². The van der Waals surface area contributed by atoms with E-state index < -0.39 is 0 Å². The van der Waals surface area contributed by atoms with E-state index in [1.165, 1.54) is 12.8 Å². The fourth-order valence-electron chi connectivity index (χ4n) is 2.19. The number of aryl methyl sites for hydroxylation is 1. The van der Waals surface area contributed by atoms with Gasteiger partial charge in [0.1, 0.15) is 0 Å². The fraction of sp³-hybridized carbons (Fsp3) is 0.389. The SMILES string of the molecule is CCCCCNc1ncc(C(=O)Nc2cccc(C)c2C)cn1. The van der Waals surface area contributed by atoms with Gasteiger partial charge in [0.05, 0.1) is 5.56 Å². The summed E-state index contributed by atoms with van der Waals surface area (Å²) in [4.78, 5) is 20.7. The molecule has 0 spiro atoms. The second kappa shape index (κ2) is 8.27. The lowest BCUT2D eigenvalue weighted by Gasteiger charge is -2.10. The molecule has 0 fully saturated rings. The van der Waals surface area contributed by atoms with Crippen LogP contribution in [0.3, 0.4) is 0 Å². The van der Waals surface area contributed by atoms with Crippen molar-refractivity contribution < 1.29 is 4.79 Å². The Morgan fingerprint density at radius 3 is 2.57 bits per heavy atom. The number of hydrogen-bond donors (Lipinski definition) is 2. The number of unbranched alkanes of at least 4 members (excludes halogenated alkanes) is 2. The van der Waals surface area contributed by atoms with Gasteiger partial charge in [-0.15, -0.1) is 0 Å². The Morgan fingerprint density at radius 2 is 1.87 bits per heavy atom. The van der Waals surface area contributed by atoms with Gasteiger partial charge in [0.15, 0.2) is 0 Å². The molecule has 0 saturated heterocycles. The number of carbonyl (C=O) groups is 1. The number of benzene rings is 1.